The average molecular weight is 292 g/mol. The van der Waals surface area contributed by atoms with E-state index in [2.05, 4.69) is 21.1 Å². The van der Waals surface area contributed by atoms with Crippen LogP contribution in [0, 0.1) is 5.82 Å². The summed E-state index contributed by atoms with van der Waals surface area (Å²) in [7, 11) is 0. The fraction of sp³-hybridized carbons (Fsp3) is 0. The summed E-state index contributed by atoms with van der Waals surface area (Å²) in [6, 6.07) is 4.40. The molecule has 0 aliphatic carbocycles. The number of nitrogens with two attached hydrogens (primary N) is 1. The van der Waals surface area contributed by atoms with Crippen LogP contribution >= 0.6 is 27.5 Å². The first-order valence-electron chi connectivity index (χ1n) is 3.95. The summed E-state index contributed by atoms with van der Waals surface area (Å²) in [5.41, 5.74) is 5.91. The molecular weight excluding hydrogens is 286 g/mol. The van der Waals surface area contributed by atoms with E-state index in [1.54, 1.807) is 6.07 Å². The van der Waals surface area contributed by atoms with Gasteiger partial charge in [-0.25, -0.2) is 4.39 Å². The molecule has 6 heteroatoms. The van der Waals surface area contributed by atoms with Gasteiger partial charge in [0.15, 0.2) is 11.6 Å². The van der Waals surface area contributed by atoms with Gasteiger partial charge in [-0.1, -0.05) is 16.8 Å². The van der Waals surface area contributed by atoms with Gasteiger partial charge < -0.3 is 10.3 Å². The van der Waals surface area contributed by atoms with Crippen molar-refractivity contribution in [2.45, 2.75) is 0 Å². The molecule has 0 atom stereocenters. The van der Waals surface area contributed by atoms with Crippen LogP contribution in [0.1, 0.15) is 0 Å². The molecule has 15 heavy (non-hydrogen) atoms. The zero-order valence-electron chi connectivity index (χ0n) is 7.30. The van der Waals surface area contributed by atoms with Crippen LogP contribution in [-0.4, -0.2) is 5.16 Å². The van der Waals surface area contributed by atoms with Crippen LogP contribution < -0.4 is 5.73 Å². The van der Waals surface area contributed by atoms with Crippen LogP contribution in [0.2, 0.25) is 5.02 Å². The summed E-state index contributed by atoms with van der Waals surface area (Å²) in [5, 5.41) is 3.54. The van der Waals surface area contributed by atoms with Crippen molar-refractivity contribution in [1.29, 1.82) is 0 Å². The first kappa shape index (κ1) is 10.4. The molecule has 0 spiro atoms. The summed E-state index contributed by atoms with van der Waals surface area (Å²) in [6.07, 6.45) is 0. The normalized spacial score (nSPS) is 10.6. The van der Waals surface area contributed by atoms with Crippen LogP contribution in [-0.2, 0) is 0 Å². The highest BCUT2D eigenvalue weighted by Gasteiger charge is 2.11. The molecule has 0 saturated heterocycles. The van der Waals surface area contributed by atoms with Gasteiger partial charge in [-0.05, 0) is 28.1 Å². The number of anilines is 1. The van der Waals surface area contributed by atoms with Gasteiger partial charge >= 0.3 is 0 Å². The molecule has 0 aliphatic rings. The minimum absolute atomic E-state index is 0.0336. The second-order valence-corrected chi connectivity index (χ2v) is 4.10. The van der Waals surface area contributed by atoms with Crippen LogP contribution in [0.3, 0.4) is 0 Å². The van der Waals surface area contributed by atoms with Crippen molar-refractivity contribution in [2.24, 2.45) is 0 Å². The number of benzene rings is 1. The Kier molecular flexibility index (Phi) is 2.67. The van der Waals surface area contributed by atoms with Crippen LogP contribution in [0.25, 0.3) is 11.3 Å². The first-order chi connectivity index (χ1) is 7.08. The second-order valence-electron chi connectivity index (χ2n) is 2.87. The zero-order chi connectivity index (χ0) is 11.0. The van der Waals surface area contributed by atoms with Crippen LogP contribution in [0.5, 0.6) is 0 Å². The molecule has 0 bridgehead atoms. The lowest BCUT2D eigenvalue weighted by molar-refractivity contribution is 0.435. The summed E-state index contributed by atoms with van der Waals surface area (Å²) in [5.74, 6) is 0.108. The molecule has 0 radical (unpaired) electrons. The summed E-state index contributed by atoms with van der Waals surface area (Å²) in [6.45, 7) is 0. The van der Waals surface area contributed by atoms with Crippen molar-refractivity contribution in [2.75, 3.05) is 5.73 Å². The Morgan fingerprint density at radius 3 is 2.67 bits per heavy atom. The zero-order valence-corrected chi connectivity index (χ0v) is 9.64. The van der Waals surface area contributed by atoms with Crippen molar-refractivity contribution >= 4 is 33.3 Å². The number of aromatic nitrogens is 1. The maximum Gasteiger partial charge on any atom is 0.169 e. The molecule has 1 aromatic heterocycles. The molecule has 2 N–H and O–H groups in total. The van der Waals surface area contributed by atoms with Crippen molar-refractivity contribution in [3.8, 4) is 11.3 Å². The van der Waals surface area contributed by atoms with Gasteiger partial charge in [0.05, 0.1) is 5.02 Å². The molecule has 0 fully saturated rings. The quantitative estimate of drug-likeness (QED) is 0.818. The fourth-order valence-electron chi connectivity index (χ4n) is 1.12. The lowest BCUT2D eigenvalue weighted by Crippen LogP contribution is -1.82. The van der Waals surface area contributed by atoms with E-state index < -0.39 is 5.82 Å². The predicted molar refractivity (Wildman–Crippen MR) is 59.0 cm³/mol. The Balaban J connectivity index is 2.55. The molecule has 3 nitrogen and oxygen atoms in total. The van der Waals surface area contributed by atoms with E-state index in [4.69, 9.17) is 21.9 Å². The molecule has 78 valence electrons. The molecule has 0 amide bonds. The third-order valence-electron chi connectivity index (χ3n) is 1.80. The van der Waals surface area contributed by atoms with E-state index in [9.17, 15) is 4.39 Å². The number of halogens is 3. The maximum atomic E-state index is 13.3. The average Bonchev–Trinajstić information content (AvgIpc) is 2.60. The van der Waals surface area contributed by atoms with Gasteiger partial charge in [-0.3, -0.25) is 0 Å². The Labute approximate surface area is 98.1 Å². The van der Waals surface area contributed by atoms with E-state index >= 15 is 0 Å². The highest BCUT2D eigenvalue weighted by Crippen LogP contribution is 2.31. The van der Waals surface area contributed by atoms with Crippen LogP contribution in [0.15, 0.2) is 27.2 Å². The van der Waals surface area contributed by atoms with E-state index in [0.717, 1.165) is 0 Å². The minimum Gasteiger partial charge on any atom is -0.381 e. The third-order valence-corrected chi connectivity index (χ3v) is 3.03. The van der Waals surface area contributed by atoms with Crippen molar-refractivity contribution < 1.29 is 8.91 Å². The molecule has 2 aromatic rings. The fourth-order valence-corrected chi connectivity index (χ4v) is 1.67. The van der Waals surface area contributed by atoms with Gasteiger partial charge in [0.2, 0.25) is 0 Å². The lowest BCUT2D eigenvalue weighted by atomic mass is 10.2. The molecule has 0 aliphatic heterocycles. The predicted octanol–water partition coefficient (Wildman–Crippen LogP) is 3.48. The van der Waals surface area contributed by atoms with Crippen molar-refractivity contribution in [1.82, 2.24) is 5.16 Å². The number of rotatable bonds is 1. The van der Waals surface area contributed by atoms with E-state index in [1.165, 1.54) is 12.1 Å². The number of nitrogens with zero attached hydrogens (tertiary/aromatic N) is 1. The third kappa shape index (κ3) is 1.98. The summed E-state index contributed by atoms with van der Waals surface area (Å²) >= 11 is 8.79. The Morgan fingerprint density at radius 2 is 2.13 bits per heavy atom. The van der Waals surface area contributed by atoms with Gasteiger partial charge in [0, 0.05) is 16.1 Å². The lowest BCUT2D eigenvalue weighted by Gasteiger charge is -2.00. The molecule has 0 unspecified atom stereocenters. The van der Waals surface area contributed by atoms with E-state index in [0.29, 0.717) is 15.8 Å². The molecular formula is C9H5BrClFN2O. The molecule has 1 heterocycles. The van der Waals surface area contributed by atoms with Crippen molar-refractivity contribution in [3.63, 3.8) is 0 Å². The topological polar surface area (TPSA) is 52.0 Å². The Hall–Kier alpha value is -1.07. The number of nitrogen functional groups attached to an aromatic ring is 1. The van der Waals surface area contributed by atoms with Crippen LogP contribution in [0.4, 0.5) is 10.2 Å². The Bertz CT molecular complexity index is 492. The van der Waals surface area contributed by atoms with Gasteiger partial charge in [0.1, 0.15) is 5.82 Å². The Morgan fingerprint density at radius 1 is 1.40 bits per heavy atom. The summed E-state index contributed by atoms with van der Waals surface area (Å²) < 4.78 is 18.6. The van der Waals surface area contributed by atoms with Crippen molar-refractivity contribution in [3.05, 3.63) is 33.5 Å². The second kappa shape index (κ2) is 3.83. The highest BCUT2D eigenvalue weighted by atomic mass is 79.9. The van der Waals surface area contributed by atoms with Gasteiger partial charge in [-0.2, -0.15) is 0 Å². The molecule has 0 saturated carbocycles. The van der Waals surface area contributed by atoms with E-state index in [-0.39, 0.29) is 10.8 Å². The first-order valence-corrected chi connectivity index (χ1v) is 5.12. The molecule has 2 rings (SSSR count). The largest absolute Gasteiger partial charge is 0.381 e. The van der Waals surface area contributed by atoms with Gasteiger partial charge in [0.25, 0.3) is 0 Å². The minimum atomic E-state index is -0.531. The number of hydrogen-bond acceptors (Lipinski definition) is 3. The highest BCUT2D eigenvalue weighted by molar-refractivity contribution is 9.10. The smallest absolute Gasteiger partial charge is 0.169 e. The van der Waals surface area contributed by atoms with E-state index in [1.807, 2.05) is 0 Å². The SMILES string of the molecule is Nc1cc(-c2cc(F)c(Cl)c(Br)c2)on1. The van der Waals surface area contributed by atoms with Gasteiger partial charge in [-0.15, -0.1) is 0 Å². The number of hydrogen-bond donors (Lipinski definition) is 1. The molecule has 1 aromatic carbocycles. The summed E-state index contributed by atoms with van der Waals surface area (Å²) in [4.78, 5) is 0. The maximum absolute atomic E-state index is 13.3. The monoisotopic (exact) mass is 290 g/mol. The standard InChI is InChI=1S/C9H5BrClFN2O/c10-5-1-4(2-6(12)9(5)11)7-3-8(13)14-15-7/h1-3H,(H2,13,14).